The number of amides is 2. The van der Waals surface area contributed by atoms with Crippen molar-refractivity contribution in [2.24, 2.45) is 5.10 Å². The van der Waals surface area contributed by atoms with Gasteiger partial charge in [0.15, 0.2) is 0 Å². The third-order valence-corrected chi connectivity index (χ3v) is 2.73. The van der Waals surface area contributed by atoms with Gasteiger partial charge >= 0.3 is 11.8 Å². The molecule has 0 spiro atoms. The van der Waals surface area contributed by atoms with Gasteiger partial charge in [-0.3, -0.25) is 9.59 Å². The van der Waals surface area contributed by atoms with Crippen molar-refractivity contribution in [2.45, 2.75) is 6.92 Å². The van der Waals surface area contributed by atoms with E-state index in [0.717, 1.165) is 5.56 Å². The number of nitrogens with zero attached hydrogens (tertiary/aromatic N) is 1. The number of hydrogen-bond donors (Lipinski definition) is 2. The molecule has 0 radical (unpaired) electrons. The van der Waals surface area contributed by atoms with Crippen LogP contribution in [0.4, 0.5) is 10.1 Å². The van der Waals surface area contributed by atoms with E-state index in [1.54, 1.807) is 18.2 Å². The third-order valence-electron chi connectivity index (χ3n) is 2.73. The normalized spacial score (nSPS) is 10.5. The summed E-state index contributed by atoms with van der Waals surface area (Å²) >= 11 is 0. The minimum Gasteiger partial charge on any atom is -0.318 e. The summed E-state index contributed by atoms with van der Waals surface area (Å²) in [5.74, 6) is -2.07. The van der Waals surface area contributed by atoms with Crippen LogP contribution in [0.15, 0.2) is 53.6 Å². The molecule has 2 aromatic rings. The first-order valence-corrected chi connectivity index (χ1v) is 6.51. The number of hydrogen-bond acceptors (Lipinski definition) is 3. The first-order valence-electron chi connectivity index (χ1n) is 6.51. The van der Waals surface area contributed by atoms with Gasteiger partial charge in [-0.05, 0) is 42.3 Å². The lowest BCUT2D eigenvalue weighted by molar-refractivity contribution is -0.136. The minimum absolute atomic E-state index is 0.362. The van der Waals surface area contributed by atoms with E-state index in [4.69, 9.17) is 0 Å². The Morgan fingerprint density at radius 1 is 1.09 bits per heavy atom. The van der Waals surface area contributed by atoms with Gasteiger partial charge in [0.25, 0.3) is 0 Å². The molecular weight excluding hydrogens is 285 g/mol. The lowest BCUT2D eigenvalue weighted by atomic mass is 10.2. The Balaban J connectivity index is 1.89. The lowest BCUT2D eigenvalue weighted by Crippen LogP contribution is -2.32. The summed E-state index contributed by atoms with van der Waals surface area (Å²) in [7, 11) is 0. The molecule has 2 amide bonds. The number of hydrazone groups is 1. The van der Waals surface area contributed by atoms with Crippen molar-refractivity contribution < 1.29 is 14.0 Å². The maximum atomic E-state index is 12.7. The molecule has 0 bridgehead atoms. The molecule has 0 aliphatic rings. The first-order chi connectivity index (χ1) is 10.5. The van der Waals surface area contributed by atoms with E-state index in [-0.39, 0.29) is 5.82 Å². The molecule has 112 valence electrons. The molecule has 22 heavy (non-hydrogen) atoms. The highest BCUT2D eigenvalue weighted by Gasteiger charge is 2.12. The van der Waals surface area contributed by atoms with E-state index < -0.39 is 11.8 Å². The van der Waals surface area contributed by atoms with Crippen LogP contribution < -0.4 is 10.7 Å². The molecule has 5 nitrogen and oxygen atoms in total. The highest BCUT2D eigenvalue weighted by molar-refractivity contribution is 6.39. The summed E-state index contributed by atoms with van der Waals surface area (Å²) in [5.41, 5.74) is 4.20. The summed E-state index contributed by atoms with van der Waals surface area (Å²) in [4.78, 5) is 23.2. The molecule has 0 saturated heterocycles. The van der Waals surface area contributed by atoms with Crippen LogP contribution in [0.2, 0.25) is 0 Å². The average molecular weight is 299 g/mol. The summed E-state index contributed by atoms with van der Waals surface area (Å²) < 4.78 is 12.7. The van der Waals surface area contributed by atoms with Crippen molar-refractivity contribution in [3.8, 4) is 0 Å². The topological polar surface area (TPSA) is 70.6 Å². The highest BCUT2D eigenvalue weighted by atomic mass is 19.1. The maximum Gasteiger partial charge on any atom is 0.329 e. The highest BCUT2D eigenvalue weighted by Crippen LogP contribution is 2.09. The molecule has 0 heterocycles. The summed E-state index contributed by atoms with van der Waals surface area (Å²) in [5, 5.41) is 6.11. The van der Waals surface area contributed by atoms with E-state index in [1.165, 1.54) is 30.5 Å². The van der Waals surface area contributed by atoms with E-state index >= 15 is 0 Å². The predicted molar refractivity (Wildman–Crippen MR) is 81.9 cm³/mol. The number of rotatable bonds is 3. The van der Waals surface area contributed by atoms with Crippen LogP contribution in [-0.2, 0) is 9.59 Å². The van der Waals surface area contributed by atoms with Gasteiger partial charge in [0, 0.05) is 5.69 Å². The van der Waals surface area contributed by atoms with Crippen molar-refractivity contribution >= 4 is 23.7 Å². The molecule has 2 N–H and O–H groups in total. The summed E-state index contributed by atoms with van der Waals surface area (Å²) in [6, 6.07) is 12.6. The van der Waals surface area contributed by atoms with Crippen LogP contribution in [0.25, 0.3) is 0 Å². The minimum atomic E-state index is -0.889. The Bertz CT molecular complexity index is 712. The summed E-state index contributed by atoms with van der Waals surface area (Å²) in [6.07, 6.45) is 1.32. The Kier molecular flexibility index (Phi) is 4.98. The number of halogens is 1. The molecule has 0 fully saturated rings. The second kappa shape index (κ2) is 7.12. The van der Waals surface area contributed by atoms with Gasteiger partial charge in [-0.25, -0.2) is 9.82 Å². The molecule has 6 heteroatoms. The molecule has 2 aromatic carbocycles. The van der Waals surface area contributed by atoms with E-state index in [1.807, 2.05) is 13.0 Å². The largest absolute Gasteiger partial charge is 0.329 e. The second-order valence-corrected chi connectivity index (χ2v) is 4.57. The monoisotopic (exact) mass is 299 g/mol. The van der Waals surface area contributed by atoms with Crippen molar-refractivity contribution in [1.29, 1.82) is 0 Å². The second-order valence-electron chi connectivity index (χ2n) is 4.57. The summed E-state index contributed by atoms with van der Waals surface area (Å²) in [6.45, 7) is 1.88. The van der Waals surface area contributed by atoms with Gasteiger partial charge in [0.05, 0.1) is 6.21 Å². The first kappa shape index (κ1) is 15.4. The van der Waals surface area contributed by atoms with E-state index in [2.05, 4.69) is 15.8 Å². The standard InChI is InChI=1S/C16H14FN3O2/c1-11-3-2-4-14(9-11)19-15(21)16(22)20-18-10-12-5-7-13(17)8-6-12/h2-10H,1H3,(H,19,21)(H,20,22). The van der Waals surface area contributed by atoms with Gasteiger partial charge in [0.2, 0.25) is 0 Å². The van der Waals surface area contributed by atoms with Crippen LogP contribution >= 0.6 is 0 Å². The number of nitrogens with one attached hydrogen (secondary N) is 2. The molecule has 0 unspecified atom stereocenters. The number of anilines is 1. The van der Waals surface area contributed by atoms with Gasteiger partial charge < -0.3 is 5.32 Å². The number of benzene rings is 2. The van der Waals surface area contributed by atoms with Crippen LogP contribution in [0.1, 0.15) is 11.1 Å². The maximum absolute atomic E-state index is 12.7. The van der Waals surface area contributed by atoms with E-state index in [0.29, 0.717) is 11.3 Å². The Hall–Kier alpha value is -3.02. The molecule has 0 saturated carbocycles. The fourth-order valence-electron chi connectivity index (χ4n) is 1.68. The van der Waals surface area contributed by atoms with Crippen LogP contribution in [-0.4, -0.2) is 18.0 Å². The zero-order valence-electron chi connectivity index (χ0n) is 11.8. The number of carbonyl (C=O) groups is 2. The quantitative estimate of drug-likeness (QED) is 0.518. The van der Waals surface area contributed by atoms with Crippen LogP contribution in [0.3, 0.4) is 0 Å². The fraction of sp³-hybridized carbons (Fsp3) is 0.0625. The van der Waals surface area contributed by atoms with Crippen LogP contribution in [0.5, 0.6) is 0 Å². The number of carbonyl (C=O) groups excluding carboxylic acids is 2. The average Bonchev–Trinajstić information content (AvgIpc) is 2.49. The molecule has 0 aliphatic heterocycles. The molecule has 0 atom stereocenters. The Labute approximate surface area is 126 Å². The molecule has 0 aromatic heterocycles. The van der Waals surface area contributed by atoms with Crippen molar-refractivity contribution in [2.75, 3.05) is 5.32 Å². The predicted octanol–water partition coefficient (Wildman–Crippen LogP) is 2.22. The third kappa shape index (κ3) is 4.52. The smallest absolute Gasteiger partial charge is 0.318 e. The SMILES string of the molecule is Cc1cccc(NC(=O)C(=O)NN=Cc2ccc(F)cc2)c1. The van der Waals surface area contributed by atoms with Crippen LogP contribution in [0, 0.1) is 12.7 Å². The van der Waals surface area contributed by atoms with Gasteiger partial charge in [-0.1, -0.05) is 24.3 Å². The van der Waals surface area contributed by atoms with Gasteiger partial charge in [0.1, 0.15) is 5.82 Å². The lowest BCUT2D eigenvalue weighted by Gasteiger charge is -2.04. The number of aryl methyl sites for hydroxylation is 1. The van der Waals surface area contributed by atoms with E-state index in [9.17, 15) is 14.0 Å². The van der Waals surface area contributed by atoms with Crippen molar-refractivity contribution in [3.63, 3.8) is 0 Å². The zero-order chi connectivity index (χ0) is 15.9. The van der Waals surface area contributed by atoms with Gasteiger partial charge in [-0.15, -0.1) is 0 Å². The van der Waals surface area contributed by atoms with Crippen molar-refractivity contribution in [3.05, 3.63) is 65.5 Å². The molecule has 2 rings (SSSR count). The van der Waals surface area contributed by atoms with Crippen molar-refractivity contribution in [1.82, 2.24) is 5.43 Å². The molecule has 0 aliphatic carbocycles. The Morgan fingerprint density at radius 3 is 2.50 bits per heavy atom. The molecular formula is C16H14FN3O2. The zero-order valence-corrected chi connectivity index (χ0v) is 11.8. The van der Waals surface area contributed by atoms with Gasteiger partial charge in [-0.2, -0.15) is 5.10 Å². The fourth-order valence-corrected chi connectivity index (χ4v) is 1.68. The Morgan fingerprint density at radius 2 is 1.82 bits per heavy atom.